The molecular weight excluding hydrogens is 472 g/mol. The van der Waals surface area contributed by atoms with Gasteiger partial charge in [-0.15, -0.1) is 0 Å². The molecular formula is C21H23ClF3O6P. The van der Waals surface area contributed by atoms with Gasteiger partial charge in [-0.2, -0.15) is 13.2 Å². The van der Waals surface area contributed by atoms with Crippen LogP contribution >= 0.6 is 19.2 Å². The maximum atomic E-state index is 14.2. The van der Waals surface area contributed by atoms with Crippen LogP contribution in [0.1, 0.15) is 30.8 Å². The fraction of sp³-hybridized carbons (Fsp3) is 0.381. The summed E-state index contributed by atoms with van der Waals surface area (Å²) >= 11 is 5.89. The van der Waals surface area contributed by atoms with Crippen molar-refractivity contribution < 1.29 is 41.1 Å². The van der Waals surface area contributed by atoms with Gasteiger partial charge in [0.1, 0.15) is 0 Å². The molecule has 6 nitrogen and oxygen atoms in total. The first kappa shape index (κ1) is 26.4. The lowest BCUT2D eigenvalue weighted by molar-refractivity contribution is -0.277. The van der Waals surface area contributed by atoms with E-state index in [0.717, 1.165) is 19.2 Å². The van der Waals surface area contributed by atoms with Gasteiger partial charge in [-0.1, -0.05) is 54.1 Å². The normalized spacial score (nSPS) is 15.1. The number of ether oxygens (including phenoxy) is 2. The summed E-state index contributed by atoms with van der Waals surface area (Å²) in [6.07, 6.45) is -5.20. The Kier molecular flexibility index (Phi) is 8.90. The highest BCUT2D eigenvalue weighted by molar-refractivity contribution is 7.54. The molecule has 2 aromatic carbocycles. The molecule has 2 rings (SSSR count). The highest BCUT2D eigenvalue weighted by Crippen LogP contribution is 2.62. The fourth-order valence-electron chi connectivity index (χ4n) is 3.05. The molecule has 0 aromatic heterocycles. The second-order valence-electron chi connectivity index (χ2n) is 6.43. The monoisotopic (exact) mass is 494 g/mol. The molecule has 2 aromatic rings. The van der Waals surface area contributed by atoms with Crippen LogP contribution in [-0.2, 0) is 33.5 Å². The number of carbonyl (C=O) groups excluding carboxylic acids is 1. The van der Waals surface area contributed by atoms with E-state index in [2.05, 4.69) is 0 Å². The largest absolute Gasteiger partial charge is 0.442 e. The number of hydrogen-bond acceptors (Lipinski definition) is 6. The van der Waals surface area contributed by atoms with E-state index in [1.54, 1.807) is 0 Å². The van der Waals surface area contributed by atoms with E-state index < -0.39 is 36.8 Å². The number of carbonyl (C=O) groups is 1. The molecule has 0 fully saturated rings. The first-order chi connectivity index (χ1) is 15.1. The lowest BCUT2D eigenvalue weighted by Gasteiger charge is -2.35. The number of methoxy groups -OCH3 is 1. The van der Waals surface area contributed by atoms with Crippen LogP contribution in [0.5, 0.6) is 0 Å². The smallest absolute Gasteiger partial charge is 0.432 e. The molecule has 0 heterocycles. The van der Waals surface area contributed by atoms with E-state index in [9.17, 15) is 22.5 Å². The summed E-state index contributed by atoms with van der Waals surface area (Å²) in [6, 6.07) is 11.8. The van der Waals surface area contributed by atoms with Gasteiger partial charge < -0.3 is 18.5 Å². The van der Waals surface area contributed by atoms with Gasteiger partial charge in [0.05, 0.1) is 13.2 Å². The zero-order valence-corrected chi connectivity index (χ0v) is 19.2. The first-order valence-electron chi connectivity index (χ1n) is 9.58. The molecule has 0 N–H and O–H groups in total. The van der Waals surface area contributed by atoms with Crippen molar-refractivity contribution in [3.8, 4) is 0 Å². The third-order valence-corrected chi connectivity index (χ3v) is 6.92. The van der Waals surface area contributed by atoms with E-state index >= 15 is 0 Å². The lowest BCUT2D eigenvalue weighted by atomic mass is 9.92. The minimum absolute atomic E-state index is 0.0771. The average Bonchev–Trinajstić information content (AvgIpc) is 2.74. The molecule has 0 aliphatic carbocycles. The summed E-state index contributed by atoms with van der Waals surface area (Å²) in [5, 5.41) is 0.312. The summed E-state index contributed by atoms with van der Waals surface area (Å²) in [5.41, 5.74) is -3.90. The van der Waals surface area contributed by atoms with Crippen LogP contribution in [0.2, 0.25) is 5.02 Å². The van der Waals surface area contributed by atoms with Crippen molar-refractivity contribution in [3.63, 3.8) is 0 Å². The molecule has 0 spiro atoms. The molecule has 0 bridgehead atoms. The predicted molar refractivity (Wildman–Crippen MR) is 112 cm³/mol. The van der Waals surface area contributed by atoms with E-state index in [-0.39, 0.29) is 18.8 Å². The van der Waals surface area contributed by atoms with E-state index in [1.165, 1.54) is 56.3 Å². The van der Waals surface area contributed by atoms with Crippen LogP contribution in [-0.4, -0.2) is 32.5 Å². The Balaban J connectivity index is 2.63. The third-order valence-electron chi connectivity index (χ3n) is 4.45. The van der Waals surface area contributed by atoms with Crippen LogP contribution in [0.4, 0.5) is 13.2 Å². The Morgan fingerprint density at radius 2 is 1.53 bits per heavy atom. The molecule has 176 valence electrons. The van der Waals surface area contributed by atoms with Crippen LogP contribution in [0.25, 0.3) is 0 Å². The third kappa shape index (κ3) is 5.35. The van der Waals surface area contributed by atoms with Gasteiger partial charge in [-0.25, -0.2) is 4.79 Å². The zero-order valence-electron chi connectivity index (χ0n) is 17.6. The Morgan fingerprint density at radius 3 is 1.97 bits per heavy atom. The van der Waals surface area contributed by atoms with Gasteiger partial charge in [0.2, 0.25) is 5.85 Å². The molecule has 2 atom stereocenters. The maximum absolute atomic E-state index is 14.2. The Labute approximate surface area is 189 Å². The van der Waals surface area contributed by atoms with Crippen molar-refractivity contribution in [3.05, 3.63) is 70.7 Å². The topological polar surface area (TPSA) is 71.1 Å². The minimum atomic E-state index is -5.20. The zero-order chi connectivity index (χ0) is 24.0. The van der Waals surface area contributed by atoms with Crippen LogP contribution in [0.15, 0.2) is 54.6 Å². The predicted octanol–water partition coefficient (Wildman–Crippen LogP) is 6.25. The van der Waals surface area contributed by atoms with Crippen LogP contribution < -0.4 is 0 Å². The molecule has 0 aliphatic rings. The quantitative estimate of drug-likeness (QED) is 0.287. The Bertz CT molecular complexity index is 929. The fourth-order valence-corrected chi connectivity index (χ4v) is 5.00. The van der Waals surface area contributed by atoms with Crippen molar-refractivity contribution in [1.82, 2.24) is 0 Å². The highest BCUT2D eigenvalue weighted by Gasteiger charge is 2.65. The van der Waals surface area contributed by atoms with Gasteiger partial charge >= 0.3 is 19.7 Å². The summed E-state index contributed by atoms with van der Waals surface area (Å²) < 4.78 is 76.7. The summed E-state index contributed by atoms with van der Waals surface area (Å²) in [5.74, 6) is -3.62. The Hall–Kier alpha value is -1.90. The molecule has 0 aliphatic heterocycles. The summed E-state index contributed by atoms with van der Waals surface area (Å²) in [7, 11) is -3.51. The van der Waals surface area contributed by atoms with Crippen molar-refractivity contribution in [1.29, 1.82) is 0 Å². The second-order valence-corrected chi connectivity index (χ2v) is 8.94. The molecule has 32 heavy (non-hydrogen) atoms. The van der Waals surface area contributed by atoms with Crippen molar-refractivity contribution >= 4 is 25.2 Å². The SMILES string of the molecule is CCOP(=O)(OCC)[C@H](OC(=O)[C@](OC)(c1ccccc1)C(F)(F)F)c1ccc(Cl)cc1. The van der Waals surface area contributed by atoms with Crippen LogP contribution in [0, 0.1) is 0 Å². The number of esters is 1. The lowest BCUT2D eigenvalue weighted by Crippen LogP contribution is -2.52. The Morgan fingerprint density at radius 1 is 1.00 bits per heavy atom. The molecule has 0 saturated heterocycles. The second kappa shape index (κ2) is 10.8. The van der Waals surface area contributed by atoms with Gasteiger partial charge in [0, 0.05) is 23.3 Å². The number of alkyl halides is 3. The number of rotatable bonds is 10. The van der Waals surface area contributed by atoms with E-state index in [4.69, 9.17) is 30.1 Å². The number of halogens is 4. The average molecular weight is 495 g/mol. The molecule has 0 saturated carbocycles. The standard InChI is InChI=1S/C21H23ClF3O6P/c1-4-29-32(27,30-5-2)18(15-11-13-17(22)14-12-15)31-19(26)20(28-3,21(23,24)25)16-9-7-6-8-10-16/h6-14,18H,4-5H2,1-3H3/t18-,20+/m0/s1. The number of benzene rings is 2. The summed E-state index contributed by atoms with van der Waals surface area (Å²) in [6.45, 7) is 2.83. The highest BCUT2D eigenvalue weighted by atomic mass is 35.5. The van der Waals surface area contributed by atoms with Gasteiger partial charge in [-0.05, 0) is 26.0 Å². The summed E-state index contributed by atoms with van der Waals surface area (Å²) in [4.78, 5) is 13.1. The van der Waals surface area contributed by atoms with Crippen molar-refractivity contribution in [2.24, 2.45) is 0 Å². The molecule has 0 unspecified atom stereocenters. The molecule has 0 radical (unpaired) electrons. The van der Waals surface area contributed by atoms with E-state index in [0.29, 0.717) is 5.02 Å². The number of hydrogen-bond donors (Lipinski definition) is 0. The maximum Gasteiger partial charge on any atom is 0.432 e. The van der Waals surface area contributed by atoms with Gasteiger partial charge in [0.25, 0.3) is 5.60 Å². The van der Waals surface area contributed by atoms with Gasteiger partial charge in [0.15, 0.2) is 0 Å². The van der Waals surface area contributed by atoms with Crippen molar-refractivity contribution in [2.45, 2.75) is 31.5 Å². The van der Waals surface area contributed by atoms with E-state index in [1.807, 2.05) is 0 Å². The van der Waals surface area contributed by atoms with Crippen LogP contribution in [0.3, 0.4) is 0 Å². The van der Waals surface area contributed by atoms with Gasteiger partial charge in [-0.3, -0.25) is 4.57 Å². The minimum Gasteiger partial charge on any atom is -0.442 e. The first-order valence-corrected chi connectivity index (χ1v) is 11.6. The molecule has 11 heteroatoms. The van der Waals surface area contributed by atoms with Crippen molar-refractivity contribution in [2.75, 3.05) is 20.3 Å². The molecule has 0 amide bonds.